The van der Waals surface area contributed by atoms with Crippen molar-refractivity contribution in [3.05, 3.63) is 48.0 Å². The molecular formula is C13H16N4O. The lowest BCUT2D eigenvalue weighted by atomic mass is 10.2. The van der Waals surface area contributed by atoms with E-state index in [1.54, 1.807) is 24.8 Å². The van der Waals surface area contributed by atoms with Crippen molar-refractivity contribution in [3.63, 3.8) is 0 Å². The number of aliphatic hydroxyl groups excluding tert-OH is 1. The summed E-state index contributed by atoms with van der Waals surface area (Å²) in [5, 5.41) is 8.92. The van der Waals surface area contributed by atoms with Gasteiger partial charge in [0, 0.05) is 43.9 Å². The molecule has 2 aromatic heterocycles. The van der Waals surface area contributed by atoms with Gasteiger partial charge in [0.2, 0.25) is 5.95 Å². The summed E-state index contributed by atoms with van der Waals surface area (Å²) in [5.41, 5.74) is 1.96. The second kappa shape index (κ2) is 6.07. The van der Waals surface area contributed by atoms with Crippen LogP contribution in [0, 0.1) is 0 Å². The summed E-state index contributed by atoms with van der Waals surface area (Å²) in [5.74, 6) is 0.668. The van der Waals surface area contributed by atoms with E-state index in [-0.39, 0.29) is 6.61 Å². The number of hydrogen-bond donors (Lipinski definition) is 1. The van der Waals surface area contributed by atoms with E-state index >= 15 is 0 Å². The Labute approximate surface area is 106 Å². The van der Waals surface area contributed by atoms with Gasteiger partial charge in [-0.3, -0.25) is 4.98 Å². The first-order chi connectivity index (χ1) is 8.79. The van der Waals surface area contributed by atoms with Crippen molar-refractivity contribution >= 4 is 5.95 Å². The lowest BCUT2D eigenvalue weighted by molar-refractivity contribution is 0.281. The Kier molecular flexibility index (Phi) is 4.20. The molecule has 0 aliphatic heterocycles. The summed E-state index contributed by atoms with van der Waals surface area (Å²) in [6.45, 7) is 0.809. The van der Waals surface area contributed by atoms with Crippen LogP contribution in [0.25, 0.3) is 0 Å². The second-order valence-electron chi connectivity index (χ2n) is 4.08. The maximum atomic E-state index is 8.92. The summed E-state index contributed by atoms with van der Waals surface area (Å²) in [6.07, 6.45) is 7.80. The van der Waals surface area contributed by atoms with Crippen LogP contribution in [0.1, 0.15) is 11.1 Å². The standard InChI is InChI=1S/C13H16N4O/c1-17(7-4-11-2-5-14-6-3-11)13-15-8-12(10-18)9-16-13/h2-3,5-6,8-9,18H,4,7,10H2,1H3. The van der Waals surface area contributed by atoms with Crippen LogP contribution in [0.5, 0.6) is 0 Å². The fourth-order valence-electron chi connectivity index (χ4n) is 1.57. The molecule has 5 nitrogen and oxygen atoms in total. The largest absolute Gasteiger partial charge is 0.392 e. The lowest BCUT2D eigenvalue weighted by Crippen LogP contribution is -2.22. The van der Waals surface area contributed by atoms with Crippen LogP contribution in [0.15, 0.2) is 36.9 Å². The maximum Gasteiger partial charge on any atom is 0.225 e. The van der Waals surface area contributed by atoms with E-state index < -0.39 is 0 Å². The molecule has 1 N–H and O–H groups in total. The zero-order chi connectivity index (χ0) is 12.8. The van der Waals surface area contributed by atoms with Crippen LogP contribution in [0.4, 0.5) is 5.95 Å². The highest BCUT2D eigenvalue weighted by Gasteiger charge is 2.04. The average molecular weight is 244 g/mol. The van der Waals surface area contributed by atoms with E-state index in [1.807, 2.05) is 24.1 Å². The van der Waals surface area contributed by atoms with E-state index in [2.05, 4.69) is 15.0 Å². The third-order valence-electron chi connectivity index (χ3n) is 2.70. The maximum absolute atomic E-state index is 8.92. The smallest absolute Gasteiger partial charge is 0.225 e. The molecule has 0 bridgehead atoms. The quantitative estimate of drug-likeness (QED) is 0.851. The third-order valence-corrected chi connectivity index (χ3v) is 2.70. The van der Waals surface area contributed by atoms with Crippen molar-refractivity contribution < 1.29 is 5.11 Å². The van der Waals surface area contributed by atoms with Crippen molar-refractivity contribution in [2.75, 3.05) is 18.5 Å². The number of aromatic nitrogens is 3. The normalized spacial score (nSPS) is 10.3. The van der Waals surface area contributed by atoms with Gasteiger partial charge in [0.05, 0.1) is 6.61 Å². The summed E-state index contributed by atoms with van der Waals surface area (Å²) in [4.78, 5) is 14.4. The Morgan fingerprint density at radius 1 is 1.11 bits per heavy atom. The Hall–Kier alpha value is -2.01. The van der Waals surface area contributed by atoms with E-state index in [0.717, 1.165) is 18.5 Å². The molecule has 18 heavy (non-hydrogen) atoms. The number of hydrogen-bond acceptors (Lipinski definition) is 5. The number of anilines is 1. The fraction of sp³-hybridized carbons (Fsp3) is 0.308. The van der Waals surface area contributed by atoms with Gasteiger partial charge in [-0.25, -0.2) is 9.97 Å². The van der Waals surface area contributed by atoms with Crippen LogP contribution in [0.3, 0.4) is 0 Å². The Balaban J connectivity index is 1.93. The molecule has 0 radical (unpaired) electrons. The minimum absolute atomic E-state index is 0.0268. The van der Waals surface area contributed by atoms with Crippen LogP contribution < -0.4 is 4.90 Å². The van der Waals surface area contributed by atoms with Crippen LogP contribution in [-0.4, -0.2) is 33.7 Å². The highest BCUT2D eigenvalue weighted by Crippen LogP contribution is 2.06. The zero-order valence-corrected chi connectivity index (χ0v) is 10.3. The predicted molar refractivity (Wildman–Crippen MR) is 69.2 cm³/mol. The molecular weight excluding hydrogens is 228 g/mol. The molecule has 0 amide bonds. The highest BCUT2D eigenvalue weighted by molar-refractivity contribution is 5.28. The monoisotopic (exact) mass is 244 g/mol. The molecule has 5 heteroatoms. The van der Waals surface area contributed by atoms with Gasteiger partial charge in [0.25, 0.3) is 0 Å². The SMILES string of the molecule is CN(CCc1ccncc1)c1ncc(CO)cn1. The first kappa shape index (κ1) is 12.4. The van der Waals surface area contributed by atoms with Gasteiger partial charge in [-0.2, -0.15) is 0 Å². The minimum Gasteiger partial charge on any atom is -0.392 e. The molecule has 0 fully saturated rings. The van der Waals surface area contributed by atoms with E-state index in [1.165, 1.54) is 5.56 Å². The van der Waals surface area contributed by atoms with E-state index in [9.17, 15) is 0 Å². The molecule has 94 valence electrons. The number of pyridine rings is 1. The average Bonchev–Trinajstić information content (AvgIpc) is 2.46. The zero-order valence-electron chi connectivity index (χ0n) is 10.3. The van der Waals surface area contributed by atoms with Gasteiger partial charge >= 0.3 is 0 Å². The van der Waals surface area contributed by atoms with Gasteiger partial charge < -0.3 is 10.0 Å². The molecule has 0 aliphatic rings. The van der Waals surface area contributed by atoms with Crippen molar-refractivity contribution in [2.45, 2.75) is 13.0 Å². The first-order valence-corrected chi connectivity index (χ1v) is 5.81. The first-order valence-electron chi connectivity index (χ1n) is 5.81. The Morgan fingerprint density at radius 3 is 2.39 bits per heavy atom. The molecule has 2 heterocycles. The van der Waals surface area contributed by atoms with Crippen molar-refractivity contribution in [3.8, 4) is 0 Å². The predicted octanol–water partition coefficient (Wildman–Crippen LogP) is 1.04. The topological polar surface area (TPSA) is 62.1 Å². The number of aliphatic hydroxyl groups is 1. The summed E-state index contributed by atoms with van der Waals surface area (Å²) >= 11 is 0. The molecule has 0 aromatic carbocycles. The molecule has 0 saturated heterocycles. The lowest BCUT2D eigenvalue weighted by Gasteiger charge is -2.16. The number of rotatable bonds is 5. The molecule has 0 aliphatic carbocycles. The van der Waals surface area contributed by atoms with Crippen molar-refractivity contribution in [1.82, 2.24) is 15.0 Å². The minimum atomic E-state index is -0.0268. The van der Waals surface area contributed by atoms with Crippen LogP contribution in [0.2, 0.25) is 0 Å². The van der Waals surface area contributed by atoms with E-state index in [0.29, 0.717) is 5.95 Å². The fourth-order valence-corrected chi connectivity index (χ4v) is 1.57. The van der Waals surface area contributed by atoms with Gasteiger partial charge in [-0.05, 0) is 24.1 Å². The molecule has 0 atom stereocenters. The second-order valence-corrected chi connectivity index (χ2v) is 4.08. The highest BCUT2D eigenvalue weighted by atomic mass is 16.3. The van der Waals surface area contributed by atoms with Crippen LogP contribution >= 0.6 is 0 Å². The molecule has 0 unspecified atom stereocenters. The van der Waals surface area contributed by atoms with Gasteiger partial charge in [-0.15, -0.1) is 0 Å². The van der Waals surface area contributed by atoms with Gasteiger partial charge in [0.1, 0.15) is 0 Å². The molecule has 0 spiro atoms. The molecule has 2 aromatic rings. The Bertz CT molecular complexity index is 472. The third kappa shape index (κ3) is 3.24. The molecule has 2 rings (SSSR count). The van der Waals surface area contributed by atoms with Crippen molar-refractivity contribution in [2.24, 2.45) is 0 Å². The molecule has 0 saturated carbocycles. The van der Waals surface area contributed by atoms with Crippen molar-refractivity contribution in [1.29, 1.82) is 0 Å². The number of likely N-dealkylation sites (N-methyl/N-ethyl adjacent to an activating group) is 1. The number of nitrogens with zero attached hydrogens (tertiary/aromatic N) is 4. The van der Waals surface area contributed by atoms with Gasteiger partial charge in [0.15, 0.2) is 0 Å². The summed E-state index contributed by atoms with van der Waals surface area (Å²) < 4.78 is 0. The summed E-state index contributed by atoms with van der Waals surface area (Å²) in [7, 11) is 1.95. The van der Waals surface area contributed by atoms with Gasteiger partial charge in [-0.1, -0.05) is 0 Å². The summed E-state index contributed by atoms with van der Waals surface area (Å²) in [6, 6.07) is 4.01. The van der Waals surface area contributed by atoms with E-state index in [4.69, 9.17) is 5.11 Å². The Morgan fingerprint density at radius 2 is 1.78 bits per heavy atom. The van der Waals surface area contributed by atoms with Crippen LogP contribution in [-0.2, 0) is 13.0 Å².